The third-order valence-corrected chi connectivity index (χ3v) is 7.92. The summed E-state index contributed by atoms with van der Waals surface area (Å²) in [6, 6.07) is 18.6. The predicted molar refractivity (Wildman–Crippen MR) is 152 cm³/mol. The smallest absolute Gasteiger partial charge is 0.255 e. The van der Waals surface area contributed by atoms with E-state index in [4.69, 9.17) is 13.9 Å². The minimum absolute atomic E-state index is 0.146. The largest absolute Gasteiger partial charge is 0.457 e. The van der Waals surface area contributed by atoms with E-state index in [2.05, 4.69) is 5.32 Å². The molecule has 0 bridgehead atoms. The zero-order valence-electron chi connectivity index (χ0n) is 22.9. The Morgan fingerprint density at radius 1 is 1.05 bits per heavy atom. The SMILES string of the molecule is CNC(=O)c1c(-c2ccc(Oc3ccc(C)cc3)cc2)oc2cc3c(cc12)C(C)OC(C)(C)CN3S(C)(=O)=O. The van der Waals surface area contributed by atoms with Crippen molar-refractivity contribution >= 4 is 32.6 Å². The number of carbonyl (C=O) groups excluding carboxylic acids is 1. The molecule has 9 heteroatoms. The van der Waals surface area contributed by atoms with E-state index in [1.807, 2.05) is 76.2 Å². The van der Waals surface area contributed by atoms with Gasteiger partial charge in [0.1, 0.15) is 22.8 Å². The van der Waals surface area contributed by atoms with Crippen LogP contribution in [-0.4, -0.2) is 39.8 Å². The van der Waals surface area contributed by atoms with Crippen LogP contribution in [0.2, 0.25) is 0 Å². The van der Waals surface area contributed by atoms with Gasteiger partial charge in [-0.3, -0.25) is 9.10 Å². The van der Waals surface area contributed by atoms with Gasteiger partial charge in [-0.15, -0.1) is 0 Å². The van der Waals surface area contributed by atoms with E-state index in [0.29, 0.717) is 44.9 Å². The lowest BCUT2D eigenvalue weighted by molar-refractivity contribution is -0.0542. The van der Waals surface area contributed by atoms with Crippen LogP contribution in [0.15, 0.2) is 65.1 Å². The van der Waals surface area contributed by atoms with Gasteiger partial charge in [0.25, 0.3) is 5.91 Å². The van der Waals surface area contributed by atoms with Crippen LogP contribution in [0.1, 0.15) is 48.4 Å². The van der Waals surface area contributed by atoms with Crippen molar-refractivity contribution in [2.24, 2.45) is 0 Å². The van der Waals surface area contributed by atoms with Gasteiger partial charge in [0.2, 0.25) is 10.0 Å². The van der Waals surface area contributed by atoms with Crippen LogP contribution >= 0.6 is 0 Å². The number of anilines is 1. The topological polar surface area (TPSA) is 98.1 Å². The Bertz CT molecular complexity index is 1650. The molecular formula is C30H32N2O6S. The lowest BCUT2D eigenvalue weighted by Gasteiger charge is -2.30. The van der Waals surface area contributed by atoms with Crippen molar-refractivity contribution in [1.82, 2.24) is 5.32 Å². The fourth-order valence-corrected chi connectivity index (χ4v) is 6.03. The highest BCUT2D eigenvalue weighted by Crippen LogP contribution is 2.43. The van der Waals surface area contributed by atoms with Gasteiger partial charge >= 0.3 is 0 Å². The first-order valence-electron chi connectivity index (χ1n) is 12.7. The van der Waals surface area contributed by atoms with Gasteiger partial charge in [0, 0.05) is 29.6 Å². The molecule has 1 amide bonds. The molecule has 1 unspecified atom stereocenters. The Kier molecular flexibility index (Phi) is 6.68. The lowest BCUT2D eigenvalue weighted by Crippen LogP contribution is -2.42. The molecule has 0 fully saturated rings. The summed E-state index contributed by atoms with van der Waals surface area (Å²) in [6.45, 7) is 7.76. The van der Waals surface area contributed by atoms with Crippen molar-refractivity contribution in [2.45, 2.75) is 39.4 Å². The van der Waals surface area contributed by atoms with Crippen LogP contribution in [-0.2, 0) is 14.8 Å². The number of sulfonamides is 1. The number of hydrogen-bond donors (Lipinski definition) is 1. The molecule has 1 aliphatic rings. The molecule has 2 heterocycles. The molecule has 39 heavy (non-hydrogen) atoms. The molecule has 1 aliphatic heterocycles. The molecule has 0 radical (unpaired) electrons. The molecule has 3 aromatic carbocycles. The first kappa shape index (κ1) is 26.8. The normalized spacial score (nSPS) is 17.0. The van der Waals surface area contributed by atoms with Crippen LogP contribution in [0.3, 0.4) is 0 Å². The predicted octanol–water partition coefficient (Wildman–Crippen LogP) is 6.20. The van der Waals surface area contributed by atoms with Gasteiger partial charge in [-0.1, -0.05) is 17.7 Å². The van der Waals surface area contributed by atoms with E-state index in [0.717, 1.165) is 11.3 Å². The van der Waals surface area contributed by atoms with Crippen molar-refractivity contribution in [3.05, 3.63) is 77.4 Å². The van der Waals surface area contributed by atoms with Gasteiger partial charge in [0.15, 0.2) is 0 Å². The minimum atomic E-state index is -3.62. The first-order valence-corrected chi connectivity index (χ1v) is 14.5. The molecule has 8 nitrogen and oxygen atoms in total. The van der Waals surface area contributed by atoms with E-state index in [9.17, 15) is 13.2 Å². The second-order valence-electron chi connectivity index (χ2n) is 10.5. The molecular weight excluding hydrogens is 516 g/mol. The number of nitrogens with one attached hydrogen (secondary N) is 1. The Hall–Kier alpha value is -3.82. The number of hydrogen-bond acceptors (Lipinski definition) is 6. The second kappa shape index (κ2) is 9.73. The summed E-state index contributed by atoms with van der Waals surface area (Å²) in [7, 11) is -2.05. The lowest BCUT2D eigenvalue weighted by atomic mass is 10.0. The second-order valence-corrected chi connectivity index (χ2v) is 12.4. The number of rotatable bonds is 5. The molecule has 0 spiro atoms. The average molecular weight is 549 g/mol. The molecule has 4 aromatic rings. The van der Waals surface area contributed by atoms with E-state index in [-0.39, 0.29) is 12.5 Å². The van der Waals surface area contributed by atoms with Crippen molar-refractivity contribution in [3.8, 4) is 22.8 Å². The fraction of sp³-hybridized carbons (Fsp3) is 0.300. The number of benzene rings is 3. The molecule has 1 aromatic heterocycles. The maximum absolute atomic E-state index is 13.1. The van der Waals surface area contributed by atoms with Crippen LogP contribution in [0.5, 0.6) is 11.5 Å². The molecule has 0 saturated heterocycles. The van der Waals surface area contributed by atoms with Crippen molar-refractivity contribution in [2.75, 3.05) is 24.2 Å². The van der Waals surface area contributed by atoms with Crippen LogP contribution in [0.25, 0.3) is 22.3 Å². The molecule has 1 N–H and O–H groups in total. The van der Waals surface area contributed by atoms with Crippen molar-refractivity contribution in [1.29, 1.82) is 0 Å². The van der Waals surface area contributed by atoms with E-state index >= 15 is 0 Å². The summed E-state index contributed by atoms with van der Waals surface area (Å²) in [5.74, 6) is 1.43. The minimum Gasteiger partial charge on any atom is -0.457 e. The van der Waals surface area contributed by atoms with Gasteiger partial charge in [-0.2, -0.15) is 0 Å². The van der Waals surface area contributed by atoms with Gasteiger partial charge in [-0.05, 0) is 70.2 Å². The third kappa shape index (κ3) is 5.24. The van der Waals surface area contributed by atoms with Gasteiger partial charge < -0.3 is 19.2 Å². The monoisotopic (exact) mass is 548 g/mol. The summed E-state index contributed by atoms with van der Waals surface area (Å²) >= 11 is 0. The Morgan fingerprint density at radius 2 is 1.67 bits per heavy atom. The summed E-state index contributed by atoms with van der Waals surface area (Å²) < 4.78 is 45.5. The van der Waals surface area contributed by atoms with Gasteiger partial charge in [0.05, 0.1) is 35.8 Å². The molecule has 0 aliphatic carbocycles. The number of carbonyl (C=O) groups is 1. The summed E-state index contributed by atoms with van der Waals surface area (Å²) in [5, 5.41) is 3.28. The Morgan fingerprint density at radius 3 is 2.26 bits per heavy atom. The number of furan rings is 1. The fourth-order valence-electron chi connectivity index (χ4n) is 4.97. The highest BCUT2D eigenvalue weighted by molar-refractivity contribution is 7.92. The third-order valence-electron chi connectivity index (χ3n) is 6.79. The maximum atomic E-state index is 13.1. The number of nitrogens with zero attached hydrogens (tertiary/aromatic N) is 1. The highest BCUT2D eigenvalue weighted by Gasteiger charge is 2.37. The summed E-state index contributed by atoms with van der Waals surface area (Å²) in [6.07, 6.45) is 0.761. The van der Waals surface area contributed by atoms with E-state index in [1.54, 1.807) is 19.2 Å². The van der Waals surface area contributed by atoms with Crippen LogP contribution in [0.4, 0.5) is 5.69 Å². The Balaban J connectivity index is 1.63. The average Bonchev–Trinajstić information content (AvgIpc) is 3.20. The van der Waals surface area contributed by atoms with Crippen molar-refractivity contribution < 1.29 is 27.1 Å². The quantitative estimate of drug-likeness (QED) is 0.319. The van der Waals surface area contributed by atoms with Crippen LogP contribution in [0, 0.1) is 6.92 Å². The maximum Gasteiger partial charge on any atom is 0.255 e. The van der Waals surface area contributed by atoms with Crippen LogP contribution < -0.4 is 14.4 Å². The number of amides is 1. The highest BCUT2D eigenvalue weighted by atomic mass is 32.2. The number of ether oxygens (including phenoxy) is 2. The van der Waals surface area contributed by atoms with E-state index < -0.39 is 21.7 Å². The van der Waals surface area contributed by atoms with E-state index in [1.165, 1.54) is 10.6 Å². The molecule has 5 rings (SSSR count). The zero-order valence-corrected chi connectivity index (χ0v) is 23.7. The number of aryl methyl sites for hydroxylation is 1. The van der Waals surface area contributed by atoms with Crippen molar-refractivity contribution in [3.63, 3.8) is 0 Å². The molecule has 1 atom stereocenters. The molecule has 0 saturated carbocycles. The zero-order chi connectivity index (χ0) is 28.1. The first-order chi connectivity index (χ1) is 18.4. The standard InChI is InChI=1S/C30H32N2O6S/c1-18-7-11-21(12-8-18)36-22-13-9-20(10-14-22)28-27(29(33)31-5)24-15-23-19(2)38-30(3,4)17-32(39(6,34)35)25(23)16-26(24)37-28/h7-16,19H,17H2,1-6H3,(H,31,33). The van der Waals surface area contributed by atoms with Gasteiger partial charge in [-0.25, -0.2) is 8.42 Å². The summed E-state index contributed by atoms with van der Waals surface area (Å²) in [4.78, 5) is 13.1. The Labute approximate surface area is 228 Å². The summed E-state index contributed by atoms with van der Waals surface area (Å²) in [5.41, 5.74) is 3.02. The molecule has 204 valence electrons. The number of fused-ring (bicyclic) bond motifs is 2.